The van der Waals surface area contributed by atoms with Crippen LogP contribution in [0.2, 0.25) is 0 Å². The van der Waals surface area contributed by atoms with Crippen LogP contribution < -0.4 is 0 Å². The van der Waals surface area contributed by atoms with E-state index in [9.17, 15) is 19.5 Å². The Balaban J connectivity index is 3.77. The third kappa shape index (κ3) is 51.7. The van der Waals surface area contributed by atoms with Gasteiger partial charge in [0.25, 0.3) is 6.29 Å². The second-order valence-electron chi connectivity index (χ2n) is 21.0. The third-order valence-corrected chi connectivity index (χ3v) is 13.0. The van der Waals surface area contributed by atoms with Crippen molar-refractivity contribution in [1.82, 2.24) is 0 Å². The number of esters is 2. The smallest absolute Gasteiger partial charge is 0.361 e. The minimum absolute atomic E-state index is 0.177. The summed E-state index contributed by atoms with van der Waals surface area (Å²) < 4.78 is 22.6. The number of carbonyl (C=O) groups is 3. The molecule has 9 heteroatoms. The number of likely N-dealkylation sites (N-methyl/N-ethyl adjacent to an activating group) is 1. The fourth-order valence-corrected chi connectivity index (χ4v) is 8.54. The summed E-state index contributed by atoms with van der Waals surface area (Å²) in [5, 5.41) is 9.61. The Bertz CT molecular complexity index is 1110. The van der Waals surface area contributed by atoms with Crippen molar-refractivity contribution >= 4 is 17.9 Å². The van der Waals surface area contributed by atoms with E-state index in [1.807, 2.05) is 21.1 Å². The fraction of sp³-hybridized carbons (Fsp3) is 0.914. The number of quaternary nitrogens is 1. The minimum atomic E-state index is -1.50. The van der Waals surface area contributed by atoms with E-state index in [1.54, 1.807) is 0 Å². The van der Waals surface area contributed by atoms with Crippen molar-refractivity contribution in [2.24, 2.45) is 0 Å². The van der Waals surface area contributed by atoms with E-state index in [1.165, 1.54) is 205 Å². The molecule has 0 aromatic carbocycles. The lowest BCUT2D eigenvalue weighted by atomic mass is 10.0. The number of ether oxygens (including phenoxy) is 4. The van der Waals surface area contributed by atoms with E-state index in [4.69, 9.17) is 18.9 Å². The van der Waals surface area contributed by atoms with Gasteiger partial charge >= 0.3 is 17.9 Å². The molecule has 0 heterocycles. The average Bonchev–Trinajstić information content (AvgIpc) is 3.29. The lowest BCUT2D eigenvalue weighted by molar-refractivity contribution is -0.870. The molecule has 0 amide bonds. The van der Waals surface area contributed by atoms with Crippen LogP contribution in [0.5, 0.6) is 0 Å². The fourth-order valence-electron chi connectivity index (χ4n) is 8.54. The molecule has 0 aliphatic carbocycles. The van der Waals surface area contributed by atoms with Crippen LogP contribution in [-0.4, -0.2) is 87.4 Å². The second-order valence-corrected chi connectivity index (χ2v) is 21.0. The van der Waals surface area contributed by atoms with Gasteiger partial charge in [-0.25, -0.2) is 4.79 Å². The largest absolute Gasteiger partial charge is 0.477 e. The van der Waals surface area contributed by atoms with Crippen molar-refractivity contribution in [2.45, 2.75) is 296 Å². The summed E-state index contributed by atoms with van der Waals surface area (Å²) in [6.07, 6.45) is 55.3. The van der Waals surface area contributed by atoms with E-state index in [-0.39, 0.29) is 32.2 Å². The Labute approximate surface area is 415 Å². The van der Waals surface area contributed by atoms with Crippen molar-refractivity contribution in [3.8, 4) is 0 Å². The van der Waals surface area contributed by atoms with Crippen LogP contribution in [0, 0.1) is 0 Å². The highest BCUT2D eigenvalue weighted by atomic mass is 16.7. The van der Waals surface area contributed by atoms with Crippen LogP contribution >= 0.6 is 0 Å². The number of aliphatic carboxylic acids is 1. The van der Waals surface area contributed by atoms with Crippen molar-refractivity contribution in [3.63, 3.8) is 0 Å². The zero-order valence-corrected chi connectivity index (χ0v) is 45.1. The summed E-state index contributed by atoms with van der Waals surface area (Å²) in [5.74, 6) is -2.00. The number of hydrogen-bond acceptors (Lipinski definition) is 7. The molecule has 0 fully saturated rings. The summed E-state index contributed by atoms with van der Waals surface area (Å²) in [6.45, 7) is 4.81. The van der Waals surface area contributed by atoms with Crippen LogP contribution in [0.25, 0.3) is 0 Å². The maximum atomic E-state index is 12.7. The second kappa shape index (κ2) is 50.4. The van der Waals surface area contributed by atoms with Gasteiger partial charge < -0.3 is 28.5 Å². The quantitative estimate of drug-likeness (QED) is 0.0211. The number of carboxylic acids is 1. The number of allylic oxidation sites excluding steroid dienone is 2. The highest BCUT2D eigenvalue weighted by molar-refractivity contribution is 5.71. The van der Waals surface area contributed by atoms with E-state index in [2.05, 4.69) is 26.0 Å². The molecule has 0 aliphatic rings. The molecule has 0 saturated heterocycles. The SMILES string of the molecule is CCCCCCCCCC/C=C\CCCCCCCCCCCCCCCCCCCCCCCCCCCC(=O)OC(COC(=O)CCCCCCC)COC(OCC[N+](C)(C)C)C(=O)O. The first kappa shape index (κ1) is 65.0. The molecular weight excluding hydrogens is 839 g/mol. The molecule has 2 atom stereocenters. The zero-order chi connectivity index (χ0) is 49.2. The Morgan fingerprint density at radius 3 is 1.10 bits per heavy atom. The number of carboxylic acid groups (broad SMARTS) is 1. The van der Waals surface area contributed by atoms with Crippen molar-refractivity contribution in [2.75, 3.05) is 47.5 Å². The predicted octanol–water partition coefficient (Wildman–Crippen LogP) is 16.6. The molecule has 0 radical (unpaired) electrons. The molecule has 0 bridgehead atoms. The monoisotopic (exact) mass is 951 g/mol. The van der Waals surface area contributed by atoms with Gasteiger partial charge in [0, 0.05) is 12.8 Å². The first-order valence-electron chi connectivity index (χ1n) is 28.9. The molecule has 0 spiro atoms. The zero-order valence-electron chi connectivity index (χ0n) is 45.1. The van der Waals surface area contributed by atoms with Gasteiger partial charge in [-0.1, -0.05) is 244 Å². The van der Waals surface area contributed by atoms with E-state index >= 15 is 0 Å². The standard InChI is InChI=1S/C58H111NO8/c1-6-8-10-12-13-14-15-16-17-18-19-20-21-22-23-24-25-26-27-28-29-30-31-32-33-34-35-36-37-38-39-40-41-42-43-45-47-49-56(61)67-54(52-65-55(60)48-46-44-11-9-7-2)53-66-58(57(62)63)64-51-50-59(3,4)5/h18-19,54,58H,6-17,20-53H2,1-5H3/p+1/b19-18-. The van der Waals surface area contributed by atoms with Gasteiger partial charge in [-0.2, -0.15) is 0 Å². The summed E-state index contributed by atoms with van der Waals surface area (Å²) in [5.41, 5.74) is 0. The Morgan fingerprint density at radius 1 is 0.433 bits per heavy atom. The Hall–Kier alpha value is -1.97. The normalized spacial score (nSPS) is 12.8. The maximum Gasteiger partial charge on any atom is 0.361 e. The highest BCUT2D eigenvalue weighted by Gasteiger charge is 2.25. The van der Waals surface area contributed by atoms with Gasteiger partial charge in [0.2, 0.25) is 0 Å². The predicted molar refractivity (Wildman–Crippen MR) is 281 cm³/mol. The summed E-state index contributed by atoms with van der Waals surface area (Å²) in [7, 11) is 5.96. The summed E-state index contributed by atoms with van der Waals surface area (Å²) >= 11 is 0. The average molecular weight is 952 g/mol. The van der Waals surface area contributed by atoms with Crippen LogP contribution in [0.15, 0.2) is 12.2 Å². The van der Waals surface area contributed by atoms with Gasteiger partial charge in [-0.15, -0.1) is 0 Å². The minimum Gasteiger partial charge on any atom is -0.477 e. The third-order valence-electron chi connectivity index (χ3n) is 13.0. The molecule has 9 nitrogen and oxygen atoms in total. The van der Waals surface area contributed by atoms with Gasteiger partial charge in [0.05, 0.1) is 34.4 Å². The lowest BCUT2D eigenvalue weighted by Gasteiger charge is -2.25. The van der Waals surface area contributed by atoms with E-state index in [0.717, 1.165) is 51.4 Å². The molecule has 0 aromatic rings. The number of rotatable bonds is 54. The summed E-state index contributed by atoms with van der Waals surface area (Å²) in [4.78, 5) is 36.9. The van der Waals surface area contributed by atoms with Gasteiger partial charge in [-0.05, 0) is 38.5 Å². The van der Waals surface area contributed by atoms with Crippen LogP contribution in [-0.2, 0) is 33.3 Å². The van der Waals surface area contributed by atoms with Crippen LogP contribution in [0.4, 0.5) is 0 Å². The van der Waals surface area contributed by atoms with Crippen LogP contribution in [0.3, 0.4) is 0 Å². The number of nitrogens with zero attached hydrogens (tertiary/aromatic N) is 1. The molecule has 2 unspecified atom stereocenters. The molecule has 0 rings (SSSR count). The molecule has 67 heavy (non-hydrogen) atoms. The Kier molecular flexibility index (Phi) is 48.9. The first-order valence-corrected chi connectivity index (χ1v) is 28.9. The maximum absolute atomic E-state index is 12.7. The van der Waals surface area contributed by atoms with Crippen molar-refractivity contribution in [1.29, 1.82) is 0 Å². The van der Waals surface area contributed by atoms with Crippen molar-refractivity contribution < 1.29 is 42.9 Å². The highest BCUT2D eigenvalue weighted by Crippen LogP contribution is 2.17. The van der Waals surface area contributed by atoms with E-state index in [0.29, 0.717) is 17.4 Å². The first-order chi connectivity index (χ1) is 32.6. The topological polar surface area (TPSA) is 108 Å². The molecule has 0 aliphatic heterocycles. The van der Waals surface area contributed by atoms with Gasteiger partial charge in [0.15, 0.2) is 6.10 Å². The van der Waals surface area contributed by atoms with Crippen LogP contribution in [0.1, 0.15) is 284 Å². The molecular formula is C58H112NO8+. The van der Waals surface area contributed by atoms with E-state index < -0.39 is 24.3 Å². The van der Waals surface area contributed by atoms with Gasteiger partial charge in [-0.3, -0.25) is 9.59 Å². The molecule has 1 N–H and O–H groups in total. The molecule has 396 valence electrons. The lowest BCUT2D eigenvalue weighted by Crippen LogP contribution is -2.40. The molecule has 0 aromatic heterocycles. The number of unbranched alkanes of at least 4 members (excludes halogenated alkanes) is 37. The Morgan fingerprint density at radius 2 is 0.761 bits per heavy atom. The number of hydrogen-bond donors (Lipinski definition) is 1. The van der Waals surface area contributed by atoms with Crippen molar-refractivity contribution in [3.05, 3.63) is 12.2 Å². The van der Waals surface area contributed by atoms with Gasteiger partial charge in [0.1, 0.15) is 13.2 Å². The summed E-state index contributed by atoms with van der Waals surface area (Å²) in [6, 6.07) is 0. The molecule has 0 saturated carbocycles. The number of carbonyl (C=O) groups excluding carboxylic acids is 2.